The third-order valence-corrected chi connectivity index (χ3v) is 6.14. The molecular formula is C25H35ClN2O. The number of hydrogen-bond donors (Lipinski definition) is 1. The van der Waals surface area contributed by atoms with Gasteiger partial charge in [0.05, 0.1) is 10.7 Å². The van der Waals surface area contributed by atoms with Gasteiger partial charge in [-0.3, -0.25) is 4.90 Å². The van der Waals surface area contributed by atoms with Crippen molar-refractivity contribution in [1.29, 1.82) is 0 Å². The second-order valence-corrected chi connectivity index (χ2v) is 10.7. The van der Waals surface area contributed by atoms with Gasteiger partial charge in [-0.15, -0.1) is 0 Å². The minimum Gasteiger partial charge on any atom is -0.507 e. The van der Waals surface area contributed by atoms with E-state index in [1.807, 2.05) is 18.2 Å². The van der Waals surface area contributed by atoms with Crippen molar-refractivity contribution in [3.05, 3.63) is 58.1 Å². The highest BCUT2D eigenvalue weighted by atomic mass is 35.5. The van der Waals surface area contributed by atoms with Crippen molar-refractivity contribution in [3.63, 3.8) is 0 Å². The number of halogens is 1. The number of rotatable bonds is 3. The zero-order valence-electron chi connectivity index (χ0n) is 18.7. The molecule has 3 rings (SSSR count). The number of phenolic OH excluding ortho intramolecular Hbond substituents is 1. The lowest BCUT2D eigenvalue weighted by Crippen LogP contribution is -2.46. The van der Waals surface area contributed by atoms with Gasteiger partial charge in [0.2, 0.25) is 0 Å². The fourth-order valence-corrected chi connectivity index (χ4v) is 4.17. The highest BCUT2D eigenvalue weighted by Crippen LogP contribution is 2.38. The molecule has 3 nitrogen and oxygen atoms in total. The molecule has 1 aliphatic rings. The van der Waals surface area contributed by atoms with Gasteiger partial charge < -0.3 is 10.0 Å². The largest absolute Gasteiger partial charge is 0.507 e. The first kappa shape index (κ1) is 22.0. The molecule has 29 heavy (non-hydrogen) atoms. The molecule has 158 valence electrons. The van der Waals surface area contributed by atoms with Gasteiger partial charge in [0.15, 0.2) is 0 Å². The van der Waals surface area contributed by atoms with Gasteiger partial charge >= 0.3 is 0 Å². The summed E-state index contributed by atoms with van der Waals surface area (Å²) in [7, 11) is 0. The van der Waals surface area contributed by atoms with Crippen LogP contribution in [0.1, 0.15) is 58.2 Å². The van der Waals surface area contributed by atoms with Crippen LogP contribution in [0.3, 0.4) is 0 Å². The minimum atomic E-state index is -0.0944. The molecule has 1 fully saturated rings. The van der Waals surface area contributed by atoms with Gasteiger partial charge in [0.1, 0.15) is 5.75 Å². The molecular weight excluding hydrogens is 380 g/mol. The third-order valence-electron chi connectivity index (χ3n) is 5.82. The lowest BCUT2D eigenvalue weighted by atomic mass is 9.79. The topological polar surface area (TPSA) is 26.7 Å². The summed E-state index contributed by atoms with van der Waals surface area (Å²) >= 11 is 6.38. The number of phenols is 1. The van der Waals surface area contributed by atoms with Crippen LogP contribution in [0.25, 0.3) is 0 Å². The smallest absolute Gasteiger partial charge is 0.123 e. The molecule has 1 N–H and O–H groups in total. The van der Waals surface area contributed by atoms with E-state index in [-0.39, 0.29) is 10.8 Å². The SMILES string of the molecule is CC(C)(C)c1cc(CN2CCN(c3ccccc3Cl)CC2)c(O)c(C(C)(C)C)c1. The maximum Gasteiger partial charge on any atom is 0.123 e. The minimum absolute atomic E-state index is 0.0468. The standard InChI is InChI=1S/C25H35ClN2O/c1-24(2,3)19-15-18(23(29)20(16-19)25(4,5)6)17-27-11-13-28(14-12-27)22-10-8-7-9-21(22)26/h7-10,15-16,29H,11-14,17H2,1-6H3. The van der Waals surface area contributed by atoms with Crippen LogP contribution in [-0.4, -0.2) is 36.2 Å². The lowest BCUT2D eigenvalue weighted by molar-refractivity contribution is 0.246. The Kier molecular flexibility index (Phi) is 6.21. The van der Waals surface area contributed by atoms with Crippen molar-refractivity contribution in [3.8, 4) is 5.75 Å². The average Bonchev–Trinajstić information content (AvgIpc) is 2.62. The van der Waals surface area contributed by atoms with Crippen LogP contribution in [-0.2, 0) is 17.4 Å². The molecule has 1 heterocycles. The van der Waals surface area contributed by atoms with Crippen molar-refractivity contribution in [2.75, 3.05) is 31.1 Å². The molecule has 0 aliphatic carbocycles. The molecule has 0 spiro atoms. The second kappa shape index (κ2) is 8.20. The van der Waals surface area contributed by atoms with Crippen LogP contribution in [0.5, 0.6) is 5.75 Å². The van der Waals surface area contributed by atoms with Crippen LogP contribution in [0.2, 0.25) is 5.02 Å². The van der Waals surface area contributed by atoms with Gasteiger partial charge in [-0.05, 0) is 34.1 Å². The Hall–Kier alpha value is -1.71. The first-order valence-electron chi connectivity index (χ1n) is 10.6. The summed E-state index contributed by atoms with van der Waals surface area (Å²) in [6.45, 7) is 17.8. The summed E-state index contributed by atoms with van der Waals surface area (Å²) in [6, 6.07) is 12.4. The Balaban J connectivity index is 1.79. The molecule has 0 amide bonds. The second-order valence-electron chi connectivity index (χ2n) is 10.2. The first-order valence-corrected chi connectivity index (χ1v) is 10.9. The van der Waals surface area contributed by atoms with Crippen LogP contribution in [0.4, 0.5) is 5.69 Å². The van der Waals surface area contributed by atoms with E-state index >= 15 is 0 Å². The molecule has 0 saturated carbocycles. The van der Waals surface area contributed by atoms with Gasteiger partial charge in [-0.2, -0.15) is 0 Å². The van der Waals surface area contributed by atoms with E-state index in [4.69, 9.17) is 11.6 Å². The zero-order chi connectivity index (χ0) is 21.4. The Morgan fingerprint density at radius 2 is 1.52 bits per heavy atom. The normalized spacial score (nSPS) is 16.3. The Morgan fingerprint density at radius 1 is 0.897 bits per heavy atom. The number of hydrogen-bond acceptors (Lipinski definition) is 3. The van der Waals surface area contributed by atoms with Gasteiger partial charge in [0, 0.05) is 38.3 Å². The summed E-state index contributed by atoms with van der Waals surface area (Å²) in [5, 5.41) is 11.9. The van der Waals surface area contributed by atoms with Gasteiger partial charge in [0.25, 0.3) is 0 Å². The molecule has 1 saturated heterocycles. The van der Waals surface area contributed by atoms with E-state index in [2.05, 4.69) is 69.5 Å². The number of anilines is 1. The van der Waals surface area contributed by atoms with Crippen LogP contribution < -0.4 is 4.90 Å². The van der Waals surface area contributed by atoms with Crippen LogP contribution in [0.15, 0.2) is 36.4 Å². The highest BCUT2D eigenvalue weighted by Gasteiger charge is 2.26. The Morgan fingerprint density at radius 3 is 2.07 bits per heavy atom. The maximum atomic E-state index is 11.1. The molecule has 4 heteroatoms. The number of para-hydroxylation sites is 1. The summed E-state index contributed by atoms with van der Waals surface area (Å²) < 4.78 is 0. The number of nitrogens with zero attached hydrogens (tertiary/aromatic N) is 2. The molecule has 2 aromatic rings. The summed E-state index contributed by atoms with van der Waals surface area (Å²) in [5.74, 6) is 0.457. The van der Waals surface area contributed by atoms with Crippen molar-refractivity contribution >= 4 is 17.3 Å². The number of benzene rings is 2. The maximum absolute atomic E-state index is 11.1. The molecule has 2 aromatic carbocycles. The predicted molar refractivity (Wildman–Crippen MR) is 124 cm³/mol. The first-order chi connectivity index (χ1) is 13.5. The van der Waals surface area contributed by atoms with E-state index < -0.39 is 0 Å². The zero-order valence-corrected chi connectivity index (χ0v) is 19.5. The van der Waals surface area contributed by atoms with Gasteiger partial charge in [-0.1, -0.05) is 77.4 Å². The third kappa shape index (κ3) is 5.07. The van der Waals surface area contributed by atoms with E-state index in [9.17, 15) is 5.11 Å². The Bertz CT molecular complexity index is 856. The fraction of sp³-hybridized carbons (Fsp3) is 0.520. The summed E-state index contributed by atoms with van der Waals surface area (Å²) in [5.41, 5.74) is 4.42. The summed E-state index contributed by atoms with van der Waals surface area (Å²) in [6.07, 6.45) is 0. The predicted octanol–water partition coefficient (Wildman–Crippen LogP) is 5.96. The molecule has 0 radical (unpaired) electrons. The highest BCUT2D eigenvalue weighted by molar-refractivity contribution is 6.33. The number of piperazine rings is 1. The molecule has 1 aliphatic heterocycles. The van der Waals surface area contributed by atoms with Crippen LogP contribution >= 0.6 is 11.6 Å². The number of aromatic hydroxyl groups is 1. The quantitative estimate of drug-likeness (QED) is 0.670. The summed E-state index contributed by atoms with van der Waals surface area (Å²) in [4.78, 5) is 4.78. The average molecular weight is 415 g/mol. The lowest BCUT2D eigenvalue weighted by Gasteiger charge is -2.37. The Labute approximate surface area is 181 Å². The molecule has 0 bridgehead atoms. The van der Waals surface area contributed by atoms with E-state index in [1.54, 1.807) is 0 Å². The monoisotopic (exact) mass is 414 g/mol. The van der Waals surface area contributed by atoms with Crippen molar-refractivity contribution in [1.82, 2.24) is 4.90 Å². The van der Waals surface area contributed by atoms with E-state index in [1.165, 1.54) is 5.56 Å². The van der Waals surface area contributed by atoms with Crippen molar-refractivity contribution < 1.29 is 5.11 Å². The van der Waals surface area contributed by atoms with Crippen molar-refractivity contribution in [2.45, 2.75) is 58.9 Å². The van der Waals surface area contributed by atoms with Crippen LogP contribution in [0, 0.1) is 0 Å². The van der Waals surface area contributed by atoms with Gasteiger partial charge in [-0.25, -0.2) is 0 Å². The van der Waals surface area contributed by atoms with E-state index in [0.717, 1.165) is 54.6 Å². The van der Waals surface area contributed by atoms with Crippen molar-refractivity contribution in [2.24, 2.45) is 0 Å². The molecule has 0 aromatic heterocycles. The van der Waals surface area contributed by atoms with E-state index in [0.29, 0.717) is 5.75 Å². The molecule has 0 unspecified atom stereocenters. The fourth-order valence-electron chi connectivity index (χ4n) is 3.92. The molecule has 0 atom stereocenters.